The molecule has 0 unspecified atom stereocenters. The van der Waals surface area contributed by atoms with E-state index < -0.39 is 5.97 Å². The molecule has 8 aromatic rings. The van der Waals surface area contributed by atoms with Gasteiger partial charge in [-0.2, -0.15) is 10.2 Å². The van der Waals surface area contributed by atoms with Gasteiger partial charge in [-0.15, -0.1) is 22.7 Å². The average Bonchev–Trinajstić information content (AvgIpc) is 4.04. The fourth-order valence-corrected chi connectivity index (χ4v) is 10.2. The van der Waals surface area contributed by atoms with Crippen LogP contribution in [0.15, 0.2) is 49.6 Å². The molecule has 8 heterocycles. The Balaban J connectivity index is 0.000000155. The number of anilines is 4. The molecular weight excluding hydrogens is 807 g/mol. The molecule has 0 radical (unpaired) electrons. The Bertz CT molecular complexity index is 2930. The van der Waals surface area contributed by atoms with Crippen LogP contribution in [0.1, 0.15) is 54.5 Å². The van der Waals surface area contributed by atoms with Crippen molar-refractivity contribution in [3.8, 4) is 11.5 Å². The number of nitrogens with one attached hydrogen (secondary N) is 3. The number of amides is 1. The number of rotatable bonds is 8. The van der Waals surface area contributed by atoms with Gasteiger partial charge in [-0.05, 0) is 70.4 Å². The summed E-state index contributed by atoms with van der Waals surface area (Å²) in [6, 6.07) is 3.63. The van der Waals surface area contributed by atoms with Crippen LogP contribution in [0.5, 0.6) is 11.5 Å². The number of nitrogens with zero attached hydrogens (tertiary/aromatic N) is 10. The topological polar surface area (TPSA) is 221 Å². The number of ether oxygens (including phenoxy) is 2. The number of hydrogen-bond acceptors (Lipinski definition) is 16. The number of aromatic nitrogens is 10. The summed E-state index contributed by atoms with van der Waals surface area (Å²) in [5.74, 6) is 2.57. The monoisotopic (exact) mass is 847 g/mol. The van der Waals surface area contributed by atoms with Crippen LogP contribution >= 0.6 is 22.7 Å². The number of hydrogen-bond donors (Lipinski definition) is 4. The first-order valence-electron chi connectivity index (χ1n) is 19.3. The van der Waals surface area contributed by atoms with E-state index in [1.807, 2.05) is 26.8 Å². The Morgan fingerprint density at radius 2 is 1.22 bits per heavy atom. The van der Waals surface area contributed by atoms with Crippen LogP contribution < -0.4 is 25.4 Å². The molecule has 0 aliphatic heterocycles. The maximum atomic E-state index is 12.7. The van der Waals surface area contributed by atoms with E-state index in [0.29, 0.717) is 65.3 Å². The van der Waals surface area contributed by atoms with Gasteiger partial charge in [-0.3, -0.25) is 9.59 Å². The Kier molecular flexibility index (Phi) is 10.1. The lowest BCUT2D eigenvalue weighted by molar-refractivity contribution is -0.142. The Hall–Kier alpha value is -6.54. The van der Waals surface area contributed by atoms with Gasteiger partial charge < -0.3 is 30.5 Å². The number of thiophene rings is 2. The van der Waals surface area contributed by atoms with Gasteiger partial charge >= 0.3 is 5.97 Å². The molecule has 308 valence electrons. The van der Waals surface area contributed by atoms with Gasteiger partial charge in [0.15, 0.2) is 34.4 Å². The van der Waals surface area contributed by atoms with E-state index >= 15 is 0 Å². The Labute approximate surface area is 350 Å². The Morgan fingerprint density at radius 1 is 0.733 bits per heavy atom. The minimum atomic E-state index is -0.740. The van der Waals surface area contributed by atoms with E-state index in [-0.39, 0.29) is 23.3 Å². The average molecular weight is 848 g/mol. The second-order valence-corrected chi connectivity index (χ2v) is 17.8. The molecule has 1 amide bonds. The van der Waals surface area contributed by atoms with Crippen LogP contribution in [-0.2, 0) is 35.3 Å². The minimum absolute atomic E-state index is 0.0230. The smallest absolute Gasteiger partial charge is 0.306 e. The van der Waals surface area contributed by atoms with E-state index in [1.54, 1.807) is 71.8 Å². The van der Waals surface area contributed by atoms with Crippen LogP contribution in [0.2, 0.25) is 0 Å². The number of carboxylic acid groups (broad SMARTS) is 1. The fraction of sp³-hybridized carbons (Fsp3) is 0.350. The van der Waals surface area contributed by atoms with Crippen molar-refractivity contribution in [3.05, 3.63) is 70.5 Å². The quantitative estimate of drug-likeness (QED) is 0.134. The van der Waals surface area contributed by atoms with Crippen molar-refractivity contribution in [2.45, 2.75) is 64.8 Å². The van der Waals surface area contributed by atoms with Crippen LogP contribution in [-0.4, -0.2) is 85.9 Å². The molecule has 0 bridgehead atoms. The Morgan fingerprint density at radius 3 is 1.68 bits per heavy atom. The third kappa shape index (κ3) is 7.47. The molecule has 20 heteroatoms. The SMILES string of the molecule is COc1cn2nccc2nc1Nc1ncnc2sc3c(c12)CC[C@H](C(=O)NC(C)(C)C)C3.COc1cn2nccc2nc1Nc1ncnc2sc3c(c12)CC[C@H](C(=O)O)C3. The molecule has 2 aliphatic carbocycles. The van der Waals surface area contributed by atoms with Crippen molar-refractivity contribution in [2.75, 3.05) is 24.9 Å². The van der Waals surface area contributed by atoms with Gasteiger partial charge in [0, 0.05) is 33.3 Å². The third-order valence-electron chi connectivity index (χ3n) is 10.5. The molecule has 8 aromatic heterocycles. The summed E-state index contributed by atoms with van der Waals surface area (Å²) in [5.41, 5.74) is 3.51. The van der Waals surface area contributed by atoms with Gasteiger partial charge in [-0.1, -0.05) is 0 Å². The maximum Gasteiger partial charge on any atom is 0.306 e. The first-order valence-corrected chi connectivity index (χ1v) is 21.0. The zero-order chi connectivity index (χ0) is 41.7. The van der Waals surface area contributed by atoms with Crippen LogP contribution in [0, 0.1) is 11.8 Å². The summed E-state index contributed by atoms with van der Waals surface area (Å²) < 4.78 is 14.3. The van der Waals surface area contributed by atoms with Crippen molar-refractivity contribution >= 4 is 89.5 Å². The van der Waals surface area contributed by atoms with Gasteiger partial charge in [0.05, 0.1) is 55.7 Å². The van der Waals surface area contributed by atoms with Crippen LogP contribution in [0.4, 0.5) is 23.3 Å². The van der Waals surface area contributed by atoms with E-state index in [1.165, 1.54) is 28.1 Å². The summed E-state index contributed by atoms with van der Waals surface area (Å²) >= 11 is 3.18. The molecule has 4 N–H and O–H groups in total. The second-order valence-electron chi connectivity index (χ2n) is 15.6. The van der Waals surface area contributed by atoms with Gasteiger partial charge in [0.25, 0.3) is 0 Å². The molecule has 0 saturated heterocycles. The van der Waals surface area contributed by atoms with Crippen LogP contribution in [0.25, 0.3) is 31.7 Å². The molecule has 18 nitrogen and oxygen atoms in total. The van der Waals surface area contributed by atoms with Gasteiger partial charge in [-0.25, -0.2) is 38.9 Å². The lowest BCUT2D eigenvalue weighted by Crippen LogP contribution is -2.45. The first-order chi connectivity index (χ1) is 29.0. The number of carbonyl (C=O) groups excluding carboxylic acids is 1. The number of fused-ring (bicyclic) bond motifs is 8. The molecule has 2 aliphatic rings. The fourth-order valence-electron chi connectivity index (χ4n) is 7.69. The van der Waals surface area contributed by atoms with Crippen LogP contribution in [0.3, 0.4) is 0 Å². The molecular formula is C40H41N13O5S2. The summed E-state index contributed by atoms with van der Waals surface area (Å²) in [7, 11) is 3.17. The molecule has 0 saturated carbocycles. The largest absolute Gasteiger partial charge is 0.491 e. The van der Waals surface area contributed by atoms with Crippen molar-refractivity contribution in [3.63, 3.8) is 0 Å². The molecule has 10 rings (SSSR count). The standard InChI is InChI=1S/C22H25N7O2S.C18H16N6O3S/c1-22(2,3)28-20(30)12-5-6-13-15(9-12)32-21-17(13)19(23-11-24-21)27-18-14(31-4)10-29-16(26-18)7-8-25-29;1-27-11-7-24-13(4-5-21-24)22-15(11)23-16-14-10-3-2-9(18(25)26)6-12(10)28-17(14)20-8-19-16/h7-8,10-12H,5-6,9H2,1-4H3,(H,28,30)(H,23,24,26,27);4-5,7-9H,2-3,6H2,1H3,(H,25,26)(H,19,20,22,23)/t12-;9-/m00/s1. The van der Waals surface area contributed by atoms with Crippen molar-refractivity contribution in [1.29, 1.82) is 0 Å². The summed E-state index contributed by atoms with van der Waals surface area (Å²) in [6.45, 7) is 6.03. The highest BCUT2D eigenvalue weighted by Gasteiger charge is 2.32. The van der Waals surface area contributed by atoms with E-state index in [4.69, 9.17) is 9.47 Å². The zero-order valence-corrected chi connectivity index (χ0v) is 35.0. The molecule has 60 heavy (non-hydrogen) atoms. The summed E-state index contributed by atoms with van der Waals surface area (Å²) in [6.07, 6.45) is 14.1. The highest BCUT2D eigenvalue weighted by Crippen LogP contribution is 2.42. The maximum absolute atomic E-state index is 12.7. The highest BCUT2D eigenvalue weighted by atomic mass is 32.1. The summed E-state index contributed by atoms with van der Waals surface area (Å²) in [4.78, 5) is 55.2. The minimum Gasteiger partial charge on any atom is -0.491 e. The third-order valence-corrected chi connectivity index (χ3v) is 12.8. The number of methoxy groups -OCH3 is 2. The first kappa shape index (κ1) is 38.9. The van der Waals surface area contributed by atoms with Crippen molar-refractivity contribution in [1.82, 2.24) is 54.4 Å². The number of carboxylic acids is 1. The predicted octanol–water partition coefficient (Wildman–Crippen LogP) is 6.18. The second kappa shape index (κ2) is 15.6. The number of aliphatic carboxylic acids is 1. The number of aryl methyl sites for hydroxylation is 2. The van der Waals surface area contributed by atoms with E-state index in [0.717, 1.165) is 50.1 Å². The highest BCUT2D eigenvalue weighted by molar-refractivity contribution is 7.19. The summed E-state index contributed by atoms with van der Waals surface area (Å²) in [5, 5.41) is 29.4. The molecule has 2 atom stereocenters. The van der Waals surface area contributed by atoms with Gasteiger partial charge in [0.2, 0.25) is 5.91 Å². The lowest BCUT2D eigenvalue weighted by Gasteiger charge is -2.27. The number of carbonyl (C=O) groups is 2. The van der Waals surface area contributed by atoms with Crippen molar-refractivity contribution in [2.24, 2.45) is 11.8 Å². The normalized spacial score (nSPS) is 16.2. The molecule has 0 fully saturated rings. The van der Waals surface area contributed by atoms with E-state index in [2.05, 4.69) is 56.1 Å². The predicted molar refractivity (Wildman–Crippen MR) is 227 cm³/mol. The lowest BCUT2D eigenvalue weighted by atomic mass is 9.86. The molecule has 0 aromatic carbocycles. The van der Waals surface area contributed by atoms with E-state index in [9.17, 15) is 14.7 Å². The van der Waals surface area contributed by atoms with Gasteiger partial charge in [0.1, 0.15) is 34.0 Å². The zero-order valence-electron chi connectivity index (χ0n) is 33.4. The van der Waals surface area contributed by atoms with Crippen molar-refractivity contribution < 1.29 is 24.2 Å². The molecule has 0 spiro atoms.